The van der Waals surface area contributed by atoms with Crippen LogP contribution in [0.2, 0.25) is 0 Å². The molecule has 2 aliphatic carbocycles. The molecule has 43 heavy (non-hydrogen) atoms. The number of carbonyl (C=O) groups excluding carboxylic acids is 2. The zero-order valence-corrected chi connectivity index (χ0v) is 23.9. The molecule has 2 saturated carbocycles. The Morgan fingerprint density at radius 2 is 1.70 bits per heavy atom. The highest BCUT2D eigenvalue weighted by molar-refractivity contribution is 6.17. The molecule has 2 aliphatic rings. The third kappa shape index (κ3) is 6.76. The summed E-state index contributed by atoms with van der Waals surface area (Å²) in [6.07, 6.45) is 9.27. The molecule has 4 aromatic rings. The maximum atomic E-state index is 13.9. The van der Waals surface area contributed by atoms with Crippen LogP contribution >= 0.6 is 0 Å². The van der Waals surface area contributed by atoms with Gasteiger partial charge in [-0.05, 0) is 98.0 Å². The number of aromatic amines is 1. The van der Waals surface area contributed by atoms with Crippen LogP contribution in [0.4, 0.5) is 11.6 Å². The fourth-order valence-electron chi connectivity index (χ4n) is 5.58. The van der Waals surface area contributed by atoms with Crippen LogP contribution in [0.1, 0.15) is 44.1 Å². The largest absolute Gasteiger partial charge is 0.351 e. The summed E-state index contributed by atoms with van der Waals surface area (Å²) in [6.45, 7) is 0.610. The Morgan fingerprint density at radius 1 is 0.953 bits per heavy atom. The molecule has 6 rings (SSSR count). The molecule has 2 heterocycles. The summed E-state index contributed by atoms with van der Waals surface area (Å²) in [5.41, 5.74) is 16.3. The zero-order valence-electron chi connectivity index (χ0n) is 23.9. The van der Waals surface area contributed by atoms with Gasteiger partial charge in [0.1, 0.15) is 0 Å². The van der Waals surface area contributed by atoms with Crippen molar-refractivity contribution in [3.8, 4) is 22.5 Å². The average Bonchev–Trinajstić information content (AvgIpc) is 3.69. The van der Waals surface area contributed by atoms with Crippen LogP contribution in [0.25, 0.3) is 22.5 Å². The first-order valence-corrected chi connectivity index (χ1v) is 14.8. The number of H-pyrrole nitrogens is 1. The number of nitrogens with one attached hydrogen (secondary N) is 2. The number of benzene rings is 2. The van der Waals surface area contributed by atoms with Crippen molar-refractivity contribution in [3.63, 3.8) is 0 Å². The summed E-state index contributed by atoms with van der Waals surface area (Å²) in [5, 5.41) is 17.3. The minimum atomic E-state index is -0.933. The van der Waals surface area contributed by atoms with Gasteiger partial charge in [0.25, 0.3) is 5.91 Å². The quantitative estimate of drug-likeness (QED) is 0.217. The zero-order chi connectivity index (χ0) is 29.8. The molecule has 0 radical (unpaired) electrons. The summed E-state index contributed by atoms with van der Waals surface area (Å²) in [5.74, 6) is 0.523. The van der Waals surface area contributed by atoms with Gasteiger partial charge in [0, 0.05) is 35.5 Å². The molecule has 12 heteroatoms. The molecule has 2 aromatic carbocycles. The standard InChI is InChI=1S/C31H36N10O2/c32-16-19-4-6-22(7-5-19)29(42)41(26-12-8-21(9-13-26)28-37-39-40-38-28)30(43)27(33)15-20-2-1-3-23(14-20)24-17-34-31(35-18-24)36-25-10-11-25/h1-3,8-9,12-14,17-19,22,25,27H,4-7,10-11,15-16,32-33H2,(H,34,35,36)(H,37,38,39,40)/t19?,22?,27-/m0/s1. The second kappa shape index (κ2) is 12.8. The maximum absolute atomic E-state index is 13.9. The van der Waals surface area contributed by atoms with E-state index in [1.54, 1.807) is 36.7 Å². The van der Waals surface area contributed by atoms with Gasteiger partial charge in [0.05, 0.1) is 11.7 Å². The van der Waals surface area contributed by atoms with Crippen molar-refractivity contribution in [2.24, 2.45) is 23.3 Å². The van der Waals surface area contributed by atoms with Crippen LogP contribution < -0.4 is 21.7 Å². The number of amides is 2. The van der Waals surface area contributed by atoms with Gasteiger partial charge in [0.15, 0.2) is 0 Å². The molecule has 0 unspecified atom stereocenters. The Labute approximate surface area is 249 Å². The summed E-state index contributed by atoms with van der Waals surface area (Å²) < 4.78 is 0. The van der Waals surface area contributed by atoms with Crippen molar-refractivity contribution < 1.29 is 9.59 Å². The van der Waals surface area contributed by atoms with E-state index in [2.05, 4.69) is 35.9 Å². The lowest BCUT2D eigenvalue weighted by molar-refractivity contribution is -0.130. The number of tetrazole rings is 1. The predicted molar refractivity (Wildman–Crippen MR) is 162 cm³/mol. The van der Waals surface area contributed by atoms with E-state index < -0.39 is 11.9 Å². The van der Waals surface area contributed by atoms with Crippen molar-refractivity contribution in [2.75, 3.05) is 16.8 Å². The molecule has 1 atom stereocenters. The van der Waals surface area contributed by atoms with Crippen molar-refractivity contribution in [2.45, 2.75) is 57.0 Å². The second-order valence-electron chi connectivity index (χ2n) is 11.5. The van der Waals surface area contributed by atoms with Crippen molar-refractivity contribution in [1.29, 1.82) is 0 Å². The first kappa shape index (κ1) is 28.6. The number of hydrogen-bond acceptors (Lipinski definition) is 10. The van der Waals surface area contributed by atoms with Crippen LogP contribution in [0.15, 0.2) is 60.9 Å². The van der Waals surface area contributed by atoms with Gasteiger partial charge in [-0.25, -0.2) is 14.9 Å². The molecule has 12 nitrogen and oxygen atoms in total. The summed E-state index contributed by atoms with van der Waals surface area (Å²) in [4.78, 5) is 38.0. The number of anilines is 2. The van der Waals surface area contributed by atoms with Gasteiger partial charge in [-0.3, -0.25) is 9.59 Å². The van der Waals surface area contributed by atoms with E-state index >= 15 is 0 Å². The third-order valence-electron chi connectivity index (χ3n) is 8.29. The van der Waals surface area contributed by atoms with Gasteiger partial charge >= 0.3 is 0 Å². The minimum Gasteiger partial charge on any atom is -0.351 e. The fraction of sp³-hybridized carbons (Fsp3) is 0.387. The van der Waals surface area contributed by atoms with Crippen molar-refractivity contribution in [1.82, 2.24) is 30.6 Å². The monoisotopic (exact) mass is 580 g/mol. The molecule has 6 N–H and O–H groups in total. The Hall–Kier alpha value is -4.55. The molecular weight excluding hydrogens is 544 g/mol. The third-order valence-corrected chi connectivity index (χ3v) is 8.29. The SMILES string of the molecule is NCC1CCC(C(=O)N(C(=O)[C@@H](N)Cc2cccc(-c3cnc(NC4CC4)nc3)c2)c2ccc(-c3nn[nH]n3)cc2)CC1. The Bertz CT molecular complexity index is 1530. The molecule has 2 amide bonds. The highest BCUT2D eigenvalue weighted by Crippen LogP contribution is 2.32. The number of imide groups is 1. The highest BCUT2D eigenvalue weighted by atomic mass is 16.2. The smallest absolute Gasteiger partial charge is 0.251 e. The van der Waals surface area contributed by atoms with Crippen molar-refractivity contribution >= 4 is 23.5 Å². The van der Waals surface area contributed by atoms with Gasteiger partial charge in [0.2, 0.25) is 17.7 Å². The van der Waals surface area contributed by atoms with Crippen LogP contribution in [-0.2, 0) is 16.0 Å². The minimum absolute atomic E-state index is 0.228. The van der Waals surface area contributed by atoms with E-state index in [4.69, 9.17) is 11.5 Å². The lowest BCUT2D eigenvalue weighted by atomic mass is 9.81. The number of nitrogens with two attached hydrogens (primary N) is 2. The molecule has 0 bridgehead atoms. The Kier molecular flexibility index (Phi) is 8.47. The summed E-state index contributed by atoms with van der Waals surface area (Å²) in [6, 6.07) is 14.3. The maximum Gasteiger partial charge on any atom is 0.251 e. The van der Waals surface area contributed by atoms with Crippen LogP contribution in [0.3, 0.4) is 0 Å². The van der Waals surface area contributed by atoms with E-state index in [9.17, 15) is 9.59 Å². The van der Waals surface area contributed by atoms with E-state index in [0.717, 1.165) is 42.4 Å². The molecule has 2 aromatic heterocycles. The van der Waals surface area contributed by atoms with Crippen LogP contribution in [0, 0.1) is 11.8 Å². The van der Waals surface area contributed by atoms with Gasteiger partial charge in [-0.2, -0.15) is 5.21 Å². The van der Waals surface area contributed by atoms with Gasteiger partial charge in [-0.15, -0.1) is 10.2 Å². The lowest BCUT2D eigenvalue weighted by Gasteiger charge is -2.32. The molecule has 0 aliphatic heterocycles. The van der Waals surface area contributed by atoms with E-state index in [1.165, 1.54) is 4.90 Å². The average molecular weight is 581 g/mol. The summed E-state index contributed by atoms with van der Waals surface area (Å²) >= 11 is 0. The normalized spacial score (nSPS) is 19.0. The lowest BCUT2D eigenvalue weighted by Crippen LogP contribution is -2.50. The number of rotatable bonds is 10. The molecule has 2 fully saturated rings. The van der Waals surface area contributed by atoms with Gasteiger partial charge in [-0.1, -0.05) is 24.3 Å². The molecule has 222 valence electrons. The van der Waals surface area contributed by atoms with Gasteiger partial charge < -0.3 is 16.8 Å². The predicted octanol–water partition coefficient (Wildman–Crippen LogP) is 3.09. The Balaban J connectivity index is 1.20. The second-order valence-corrected chi connectivity index (χ2v) is 11.5. The first-order chi connectivity index (χ1) is 21.0. The Morgan fingerprint density at radius 3 is 2.35 bits per heavy atom. The fourth-order valence-corrected chi connectivity index (χ4v) is 5.58. The number of hydrogen-bond donors (Lipinski definition) is 4. The van der Waals surface area contributed by atoms with E-state index in [0.29, 0.717) is 54.4 Å². The molecule has 0 saturated heterocycles. The van der Waals surface area contributed by atoms with E-state index in [-0.39, 0.29) is 18.2 Å². The highest BCUT2D eigenvalue weighted by Gasteiger charge is 2.35. The first-order valence-electron chi connectivity index (χ1n) is 14.8. The van der Waals surface area contributed by atoms with Crippen LogP contribution in [0.5, 0.6) is 0 Å². The van der Waals surface area contributed by atoms with E-state index in [1.807, 2.05) is 24.3 Å². The van der Waals surface area contributed by atoms with Crippen molar-refractivity contribution in [3.05, 3.63) is 66.5 Å². The van der Waals surface area contributed by atoms with Crippen LogP contribution in [-0.4, -0.2) is 61.0 Å². The topological polar surface area (TPSA) is 182 Å². The summed E-state index contributed by atoms with van der Waals surface area (Å²) in [7, 11) is 0. The number of aromatic nitrogens is 6. The molecule has 0 spiro atoms. The number of nitrogens with zero attached hydrogens (tertiary/aromatic N) is 6. The molecular formula is C31H36N10O2. The number of carbonyl (C=O) groups is 2.